The number of carbonyl (C=O) groups is 6. The highest BCUT2D eigenvalue weighted by atomic mass is 16.5. The first-order valence-corrected chi connectivity index (χ1v) is 11.5. The Labute approximate surface area is 223 Å². The maximum atomic E-state index is 10.7. The van der Waals surface area contributed by atoms with Gasteiger partial charge in [0.2, 0.25) is 0 Å². The van der Waals surface area contributed by atoms with Crippen molar-refractivity contribution < 1.29 is 68.9 Å². The standard InChI is InChI=1S/C11H12O5.C9H14O5.C5H8O4/c1-16-6-7-2-4-8(5-3-7)9(10(12)13)11(14)15;1-14-6-2-4-9(5-3-6,7(10)11)8(12)13;1-2-3(4(6)7)5(8)9/h2-5,9H,6H2,1H3,(H,12,13)(H,14,15);6H,2-5H2,1H3,(H,10,11)(H,12,13);3H,2H2,1H3,(H,6,7)(H,8,9)/p-6. The Morgan fingerprint density at radius 2 is 1.23 bits per heavy atom. The third-order valence-corrected chi connectivity index (χ3v) is 5.97. The molecule has 1 fully saturated rings. The predicted octanol–water partition coefficient (Wildman–Crippen LogP) is -6.01. The van der Waals surface area contributed by atoms with Crippen molar-refractivity contribution in [2.75, 3.05) is 14.2 Å². The molecule has 0 bridgehead atoms. The lowest BCUT2D eigenvalue weighted by atomic mass is 9.73. The van der Waals surface area contributed by atoms with E-state index in [1.165, 1.54) is 33.3 Å². The molecule has 0 atom stereocenters. The van der Waals surface area contributed by atoms with E-state index in [1.807, 2.05) is 0 Å². The van der Waals surface area contributed by atoms with Crippen LogP contribution in [0.5, 0.6) is 0 Å². The molecule has 2 rings (SSSR count). The zero-order valence-electron chi connectivity index (χ0n) is 21.5. The van der Waals surface area contributed by atoms with Gasteiger partial charge in [0.05, 0.1) is 54.4 Å². The van der Waals surface area contributed by atoms with Crippen LogP contribution in [0.4, 0.5) is 0 Å². The number of carbonyl (C=O) groups excluding carboxylic acids is 6. The van der Waals surface area contributed by atoms with Crippen LogP contribution in [-0.4, -0.2) is 56.1 Å². The lowest BCUT2D eigenvalue weighted by Gasteiger charge is -2.41. The van der Waals surface area contributed by atoms with Crippen LogP contribution in [0, 0.1) is 11.3 Å². The molecule has 0 saturated heterocycles. The van der Waals surface area contributed by atoms with Gasteiger partial charge in [-0.05, 0) is 43.2 Å². The van der Waals surface area contributed by atoms with Crippen molar-refractivity contribution >= 4 is 35.8 Å². The van der Waals surface area contributed by atoms with Crippen molar-refractivity contribution in [1.29, 1.82) is 0 Å². The highest BCUT2D eigenvalue weighted by Crippen LogP contribution is 2.36. The van der Waals surface area contributed by atoms with Crippen LogP contribution in [0.1, 0.15) is 56.1 Å². The number of methoxy groups -OCH3 is 2. The van der Waals surface area contributed by atoms with Gasteiger partial charge in [-0.3, -0.25) is 0 Å². The van der Waals surface area contributed by atoms with Gasteiger partial charge in [0.1, 0.15) is 0 Å². The lowest BCUT2D eigenvalue weighted by molar-refractivity contribution is -0.346. The average Bonchev–Trinajstić information content (AvgIpc) is 2.85. The molecule has 1 aromatic carbocycles. The summed E-state index contributed by atoms with van der Waals surface area (Å²) in [5, 5.41) is 62.4. The molecule has 0 aliphatic heterocycles. The van der Waals surface area contributed by atoms with E-state index < -0.39 is 53.1 Å². The fraction of sp³-hybridized carbons (Fsp3) is 0.520. The van der Waals surface area contributed by atoms with Crippen LogP contribution >= 0.6 is 0 Å². The minimum Gasteiger partial charge on any atom is -0.549 e. The highest BCUT2D eigenvalue weighted by Gasteiger charge is 2.38. The second-order valence-electron chi connectivity index (χ2n) is 8.44. The number of hydrogen-bond acceptors (Lipinski definition) is 14. The summed E-state index contributed by atoms with van der Waals surface area (Å²) in [6.07, 6.45) is 0.829. The van der Waals surface area contributed by atoms with Gasteiger partial charge >= 0.3 is 0 Å². The van der Waals surface area contributed by atoms with Crippen LogP contribution in [0.3, 0.4) is 0 Å². The molecular weight excluding hydrogens is 524 g/mol. The predicted molar refractivity (Wildman–Crippen MR) is 115 cm³/mol. The molecule has 14 nitrogen and oxygen atoms in total. The normalized spacial score (nSPS) is 14.3. The largest absolute Gasteiger partial charge is 0.549 e. The van der Waals surface area contributed by atoms with Gasteiger partial charge in [-0.1, -0.05) is 31.2 Å². The van der Waals surface area contributed by atoms with Crippen LogP contribution < -0.4 is 30.6 Å². The van der Waals surface area contributed by atoms with Gasteiger partial charge in [-0.2, -0.15) is 0 Å². The number of carboxylic acids is 6. The zero-order valence-corrected chi connectivity index (χ0v) is 21.5. The Morgan fingerprint density at radius 3 is 1.49 bits per heavy atom. The fourth-order valence-corrected chi connectivity index (χ4v) is 3.58. The monoisotopic (exact) mass is 552 g/mol. The summed E-state index contributed by atoms with van der Waals surface area (Å²) in [6.45, 7) is 1.82. The summed E-state index contributed by atoms with van der Waals surface area (Å²) in [5.41, 5.74) is -0.865. The van der Waals surface area contributed by atoms with E-state index in [-0.39, 0.29) is 30.9 Å². The molecule has 1 aliphatic rings. The SMILES string of the molecule is CCC(C(=O)[O-])C(=O)[O-].COC1CCC(C(=O)[O-])(C(=O)[O-])CC1.COCc1ccc(C(C(=O)[O-])C(=O)[O-])cc1. The summed E-state index contributed by atoms with van der Waals surface area (Å²) in [5.74, 6) is -12.8. The van der Waals surface area contributed by atoms with Crippen LogP contribution in [0.15, 0.2) is 24.3 Å². The number of aliphatic carboxylic acids is 6. The second-order valence-corrected chi connectivity index (χ2v) is 8.44. The molecule has 1 aliphatic carbocycles. The Hall–Kier alpha value is -4.04. The van der Waals surface area contributed by atoms with Crippen molar-refractivity contribution in [3.8, 4) is 0 Å². The summed E-state index contributed by atoms with van der Waals surface area (Å²) in [4.78, 5) is 62.4. The molecule has 0 unspecified atom stereocenters. The first-order chi connectivity index (χ1) is 18.2. The number of benzene rings is 1. The van der Waals surface area contributed by atoms with E-state index in [4.69, 9.17) is 9.47 Å². The van der Waals surface area contributed by atoms with Gasteiger partial charge in [0.15, 0.2) is 0 Å². The van der Waals surface area contributed by atoms with Gasteiger partial charge in [-0.25, -0.2) is 0 Å². The summed E-state index contributed by atoms with van der Waals surface area (Å²) in [6, 6.07) is 6.00. The quantitative estimate of drug-likeness (QED) is 0.231. The third kappa shape index (κ3) is 10.7. The van der Waals surface area contributed by atoms with Crippen molar-refractivity contribution in [2.24, 2.45) is 11.3 Å². The van der Waals surface area contributed by atoms with Crippen LogP contribution in [0.25, 0.3) is 0 Å². The fourth-order valence-electron chi connectivity index (χ4n) is 3.58. The van der Waals surface area contributed by atoms with E-state index in [1.54, 1.807) is 12.1 Å². The summed E-state index contributed by atoms with van der Waals surface area (Å²) >= 11 is 0. The first kappa shape index (κ1) is 35.0. The molecule has 1 saturated carbocycles. The first-order valence-electron chi connectivity index (χ1n) is 11.5. The smallest absolute Gasteiger partial charge is 0.0713 e. The van der Waals surface area contributed by atoms with Gasteiger partial charge in [-0.15, -0.1) is 0 Å². The summed E-state index contributed by atoms with van der Waals surface area (Å²) in [7, 11) is 3.05. The molecule has 0 heterocycles. The van der Waals surface area contributed by atoms with Crippen LogP contribution in [0.2, 0.25) is 0 Å². The molecule has 1 aromatic rings. The Bertz CT molecular complexity index is 949. The molecular formula is C25H28O14-6. The maximum Gasteiger partial charge on any atom is 0.0713 e. The van der Waals surface area contributed by atoms with E-state index in [9.17, 15) is 59.4 Å². The maximum absolute atomic E-state index is 10.7. The molecule has 0 radical (unpaired) electrons. The molecule has 39 heavy (non-hydrogen) atoms. The molecule has 0 amide bonds. The van der Waals surface area contributed by atoms with Crippen molar-refractivity contribution in [2.45, 2.75) is 57.7 Å². The Balaban J connectivity index is 0.000000578. The lowest BCUT2D eigenvalue weighted by Crippen LogP contribution is -2.55. The molecule has 14 heteroatoms. The average molecular weight is 552 g/mol. The Kier molecular flexibility index (Phi) is 15.0. The van der Waals surface area contributed by atoms with Gasteiger partial charge in [0, 0.05) is 25.6 Å². The number of carboxylic acid groups (broad SMARTS) is 6. The van der Waals surface area contributed by atoms with Crippen molar-refractivity contribution in [1.82, 2.24) is 0 Å². The van der Waals surface area contributed by atoms with Crippen molar-refractivity contribution in [3.05, 3.63) is 35.4 Å². The van der Waals surface area contributed by atoms with E-state index >= 15 is 0 Å². The summed E-state index contributed by atoms with van der Waals surface area (Å²) < 4.78 is 9.88. The minimum atomic E-state index is -1.81. The third-order valence-electron chi connectivity index (χ3n) is 5.97. The number of hydrogen-bond donors (Lipinski definition) is 0. The molecule has 0 spiro atoms. The van der Waals surface area contributed by atoms with Crippen molar-refractivity contribution in [3.63, 3.8) is 0 Å². The number of ether oxygens (including phenoxy) is 2. The second kappa shape index (κ2) is 16.7. The van der Waals surface area contributed by atoms with E-state index in [0.717, 1.165) is 5.56 Å². The number of rotatable bonds is 11. The molecule has 0 aromatic heterocycles. The van der Waals surface area contributed by atoms with Gasteiger partial charge < -0.3 is 68.9 Å². The minimum absolute atomic E-state index is 0.00463. The topological polar surface area (TPSA) is 259 Å². The van der Waals surface area contributed by atoms with E-state index in [2.05, 4.69) is 0 Å². The molecule has 218 valence electrons. The zero-order chi connectivity index (χ0) is 30.3. The van der Waals surface area contributed by atoms with Gasteiger partial charge in [0.25, 0.3) is 0 Å². The highest BCUT2D eigenvalue weighted by molar-refractivity contribution is 5.97. The van der Waals surface area contributed by atoms with Crippen LogP contribution in [-0.2, 0) is 44.8 Å². The molecule has 0 N–H and O–H groups in total. The Morgan fingerprint density at radius 1 is 0.795 bits per heavy atom. The van der Waals surface area contributed by atoms with E-state index in [0.29, 0.717) is 19.4 Å².